The fourth-order valence-electron chi connectivity index (χ4n) is 12.7. The van der Waals surface area contributed by atoms with E-state index in [9.17, 15) is 0 Å². The summed E-state index contributed by atoms with van der Waals surface area (Å²) < 4.78 is 7.15. The quantitative estimate of drug-likeness (QED) is 0.133. The lowest BCUT2D eigenvalue weighted by Crippen LogP contribution is -2.09. The average molecular weight is 1050 g/mol. The Morgan fingerprint density at radius 3 is 0.817 bits per heavy atom. The smallest absolute Gasteiger partial charge is 0.0547 e. The van der Waals surface area contributed by atoms with Gasteiger partial charge in [-0.05, 0) is 160 Å². The van der Waals surface area contributed by atoms with Gasteiger partial charge < -0.3 is 18.6 Å². The molecule has 0 amide bonds. The molecule has 0 radical (unpaired) electrons. The highest BCUT2D eigenvalue weighted by atomic mass is 15.1. The molecule has 0 saturated carbocycles. The minimum atomic E-state index is 1.07. The zero-order valence-corrected chi connectivity index (χ0v) is 44.8. The van der Waals surface area contributed by atoms with Crippen molar-refractivity contribution in [1.82, 2.24) is 13.7 Å². The fraction of sp³-hybridized carbons (Fsp3) is 0. The van der Waals surface area contributed by atoms with Gasteiger partial charge in [-0.2, -0.15) is 0 Å². The Hall–Kier alpha value is -10.9. The lowest BCUT2D eigenvalue weighted by atomic mass is 9.98. The first-order valence-corrected chi connectivity index (χ1v) is 28.1. The molecular weight excluding hydrogens is 993 g/mol. The Balaban J connectivity index is 0.750. The molecule has 0 atom stereocenters. The highest BCUT2D eigenvalue weighted by Gasteiger charge is 2.19. The van der Waals surface area contributed by atoms with Crippen molar-refractivity contribution in [3.63, 3.8) is 0 Å². The van der Waals surface area contributed by atoms with E-state index in [-0.39, 0.29) is 0 Å². The third-order valence-corrected chi connectivity index (χ3v) is 16.7. The molecule has 16 rings (SSSR count). The van der Waals surface area contributed by atoms with Crippen LogP contribution in [0.15, 0.2) is 315 Å². The van der Waals surface area contributed by atoms with Crippen LogP contribution in [-0.2, 0) is 0 Å². The largest absolute Gasteiger partial charge is 0.311 e. The van der Waals surface area contributed by atoms with Crippen LogP contribution in [0.5, 0.6) is 0 Å². The van der Waals surface area contributed by atoms with Crippen LogP contribution < -0.4 is 4.90 Å². The van der Waals surface area contributed by atoms with Crippen LogP contribution in [0, 0.1) is 0 Å². The van der Waals surface area contributed by atoms with Gasteiger partial charge in [-0.15, -0.1) is 0 Å². The fourth-order valence-corrected chi connectivity index (χ4v) is 12.7. The van der Waals surface area contributed by atoms with E-state index in [1.807, 2.05) is 0 Å². The lowest BCUT2D eigenvalue weighted by Gasteiger charge is -2.26. The van der Waals surface area contributed by atoms with Crippen molar-refractivity contribution in [2.75, 3.05) is 4.90 Å². The molecule has 16 aromatic rings. The minimum Gasteiger partial charge on any atom is -0.311 e. The van der Waals surface area contributed by atoms with Crippen molar-refractivity contribution < 1.29 is 0 Å². The van der Waals surface area contributed by atoms with E-state index >= 15 is 0 Å². The van der Waals surface area contributed by atoms with Gasteiger partial charge in [0.15, 0.2) is 0 Å². The van der Waals surface area contributed by atoms with Crippen LogP contribution in [0.2, 0.25) is 0 Å². The molecule has 0 aliphatic heterocycles. The summed E-state index contributed by atoms with van der Waals surface area (Å²) in [5, 5.41) is 7.49. The van der Waals surface area contributed by atoms with Gasteiger partial charge in [-0.1, -0.05) is 200 Å². The van der Waals surface area contributed by atoms with E-state index in [2.05, 4.69) is 334 Å². The standard InChI is InChI=1S/C78H52N4/c1-4-16-61(17-5-1)80-75-27-15-12-24-69(75)72-50-58(40-49-76(72)80)55-30-28-53(29-31-55)54-32-41-64(42-33-54)79(65-43-34-56(35-44-65)59-38-47-70-67-22-10-13-25-73(67)81(77(70)51-59)62-18-6-2-7-19-62)66-45-36-57(37-46-66)60-39-48-71-68-23-11-14-26-74(68)82(78(71)52-60)63-20-8-3-9-21-63/h1-52H. The number of rotatable bonds is 10. The number of para-hydroxylation sites is 6. The van der Waals surface area contributed by atoms with Gasteiger partial charge in [-0.3, -0.25) is 0 Å². The molecule has 0 saturated heterocycles. The molecule has 3 aromatic heterocycles. The summed E-state index contributed by atoms with van der Waals surface area (Å²) in [6, 6.07) is 115. The summed E-state index contributed by atoms with van der Waals surface area (Å²) in [7, 11) is 0. The SMILES string of the molecule is c1ccc(-n2c3ccccc3c3cc(-c4ccc(-c5ccc(N(c6ccc(-c7ccc8c9ccccc9n(-c9ccccc9)c8c7)cc6)c6ccc(-c7ccc8c9ccccc9n(-c9ccccc9)c8c7)cc6)cc5)cc4)ccc32)cc1. The molecule has 4 heteroatoms. The Labute approximate surface area is 475 Å². The number of fused-ring (bicyclic) bond motifs is 9. The first-order chi connectivity index (χ1) is 40.7. The Morgan fingerprint density at radius 1 is 0.171 bits per heavy atom. The van der Waals surface area contributed by atoms with Crippen LogP contribution in [0.1, 0.15) is 0 Å². The Morgan fingerprint density at radius 2 is 0.427 bits per heavy atom. The van der Waals surface area contributed by atoms with Crippen molar-refractivity contribution in [2.45, 2.75) is 0 Å². The third-order valence-electron chi connectivity index (χ3n) is 16.7. The van der Waals surface area contributed by atoms with E-state index in [0.717, 1.165) is 45.1 Å². The lowest BCUT2D eigenvalue weighted by molar-refractivity contribution is 1.18. The van der Waals surface area contributed by atoms with Gasteiger partial charge in [0.2, 0.25) is 0 Å². The summed E-state index contributed by atoms with van der Waals surface area (Å²) in [6.45, 7) is 0. The van der Waals surface area contributed by atoms with Gasteiger partial charge in [-0.25, -0.2) is 0 Å². The first-order valence-electron chi connectivity index (χ1n) is 28.1. The number of anilines is 3. The van der Waals surface area contributed by atoms with Crippen LogP contribution >= 0.6 is 0 Å². The predicted molar refractivity (Wildman–Crippen MR) is 346 cm³/mol. The Kier molecular flexibility index (Phi) is 11.2. The number of aromatic nitrogens is 3. The molecule has 384 valence electrons. The van der Waals surface area contributed by atoms with Gasteiger partial charge in [0.25, 0.3) is 0 Å². The molecular formula is C78H52N4. The molecule has 0 aliphatic rings. The third kappa shape index (κ3) is 7.91. The highest BCUT2D eigenvalue weighted by Crippen LogP contribution is 2.42. The molecule has 82 heavy (non-hydrogen) atoms. The summed E-state index contributed by atoms with van der Waals surface area (Å²) in [4.78, 5) is 2.37. The first kappa shape index (κ1) is 47.1. The average Bonchev–Trinajstić information content (AvgIpc) is 4.41. The van der Waals surface area contributed by atoms with Crippen molar-refractivity contribution in [3.05, 3.63) is 315 Å². The second-order valence-electron chi connectivity index (χ2n) is 21.3. The molecule has 0 unspecified atom stereocenters. The predicted octanol–water partition coefficient (Wildman–Crippen LogP) is 21.1. The van der Waals surface area contributed by atoms with Gasteiger partial charge in [0.05, 0.1) is 33.1 Å². The maximum absolute atomic E-state index is 2.39. The number of benzene rings is 13. The molecule has 0 fully saturated rings. The van der Waals surface area contributed by atoms with Gasteiger partial charge in [0, 0.05) is 66.4 Å². The minimum absolute atomic E-state index is 1.07. The normalized spacial score (nSPS) is 11.7. The molecule has 0 spiro atoms. The molecule has 0 bridgehead atoms. The molecule has 4 nitrogen and oxygen atoms in total. The second kappa shape index (κ2) is 19.5. The molecule has 0 aliphatic carbocycles. The summed E-state index contributed by atoms with van der Waals surface area (Å²) in [5.41, 5.74) is 23.3. The number of nitrogens with zero attached hydrogens (tertiary/aromatic N) is 4. The summed E-state index contributed by atoms with van der Waals surface area (Å²) in [5.74, 6) is 0. The Bertz CT molecular complexity index is 4830. The van der Waals surface area contributed by atoms with Crippen molar-refractivity contribution in [1.29, 1.82) is 0 Å². The van der Waals surface area contributed by atoms with Crippen molar-refractivity contribution in [3.8, 4) is 61.6 Å². The number of hydrogen-bond acceptors (Lipinski definition) is 1. The van der Waals surface area contributed by atoms with Crippen LogP contribution in [-0.4, -0.2) is 13.7 Å². The topological polar surface area (TPSA) is 18.0 Å². The van der Waals surface area contributed by atoms with E-state index in [1.165, 1.54) is 98.9 Å². The molecule has 13 aromatic carbocycles. The zero-order valence-electron chi connectivity index (χ0n) is 44.8. The van der Waals surface area contributed by atoms with E-state index < -0.39 is 0 Å². The zero-order chi connectivity index (χ0) is 54.1. The maximum Gasteiger partial charge on any atom is 0.0547 e. The van der Waals surface area contributed by atoms with E-state index in [0.29, 0.717) is 0 Å². The molecule has 3 heterocycles. The number of hydrogen-bond donors (Lipinski definition) is 0. The summed E-state index contributed by atoms with van der Waals surface area (Å²) in [6.07, 6.45) is 0. The second-order valence-corrected chi connectivity index (χ2v) is 21.3. The molecule has 0 N–H and O–H groups in total. The maximum atomic E-state index is 2.39. The summed E-state index contributed by atoms with van der Waals surface area (Å²) >= 11 is 0. The van der Waals surface area contributed by atoms with Crippen LogP contribution in [0.4, 0.5) is 17.1 Å². The van der Waals surface area contributed by atoms with Crippen LogP contribution in [0.3, 0.4) is 0 Å². The highest BCUT2D eigenvalue weighted by molar-refractivity contribution is 6.12. The van der Waals surface area contributed by atoms with E-state index in [1.54, 1.807) is 0 Å². The van der Waals surface area contributed by atoms with Crippen LogP contribution in [0.25, 0.3) is 127 Å². The monoisotopic (exact) mass is 1040 g/mol. The van der Waals surface area contributed by atoms with Crippen molar-refractivity contribution in [2.24, 2.45) is 0 Å². The van der Waals surface area contributed by atoms with Crippen molar-refractivity contribution >= 4 is 82.5 Å². The van der Waals surface area contributed by atoms with E-state index in [4.69, 9.17) is 0 Å². The van der Waals surface area contributed by atoms with Gasteiger partial charge >= 0.3 is 0 Å². The van der Waals surface area contributed by atoms with Gasteiger partial charge in [0.1, 0.15) is 0 Å².